The van der Waals surface area contributed by atoms with Crippen molar-refractivity contribution < 1.29 is 4.79 Å². The molecule has 0 aliphatic heterocycles. The maximum Gasteiger partial charge on any atom is 0.220 e. The van der Waals surface area contributed by atoms with Crippen LogP contribution in [0.3, 0.4) is 0 Å². The summed E-state index contributed by atoms with van der Waals surface area (Å²) < 4.78 is 1.88. The number of hydrogen-bond donors (Lipinski definition) is 1. The SMILES string of the molecule is O=C(CCc1ccccc1Cl)NCc1cnn(Cc2ccccc2)c1. The molecule has 1 heterocycles. The van der Waals surface area contributed by atoms with Gasteiger partial charge in [-0.1, -0.05) is 60.1 Å². The minimum atomic E-state index is 0.00993. The van der Waals surface area contributed by atoms with Crippen LogP contribution in [-0.4, -0.2) is 15.7 Å². The molecule has 25 heavy (non-hydrogen) atoms. The molecule has 0 spiro atoms. The van der Waals surface area contributed by atoms with Gasteiger partial charge in [-0.15, -0.1) is 0 Å². The van der Waals surface area contributed by atoms with Crippen molar-refractivity contribution in [3.8, 4) is 0 Å². The molecular formula is C20H20ClN3O. The maximum atomic E-state index is 12.0. The van der Waals surface area contributed by atoms with E-state index >= 15 is 0 Å². The third kappa shape index (κ3) is 5.19. The Morgan fingerprint density at radius 3 is 2.60 bits per heavy atom. The summed E-state index contributed by atoms with van der Waals surface area (Å²) in [5.41, 5.74) is 3.18. The van der Waals surface area contributed by atoms with Gasteiger partial charge in [0, 0.05) is 29.7 Å². The molecular weight excluding hydrogens is 334 g/mol. The largest absolute Gasteiger partial charge is 0.352 e. The average molecular weight is 354 g/mol. The van der Waals surface area contributed by atoms with Crippen LogP contribution in [0.25, 0.3) is 0 Å². The molecule has 3 rings (SSSR count). The van der Waals surface area contributed by atoms with Gasteiger partial charge in [-0.25, -0.2) is 0 Å². The number of carbonyl (C=O) groups excluding carboxylic acids is 1. The van der Waals surface area contributed by atoms with E-state index in [1.54, 1.807) is 6.20 Å². The number of amides is 1. The highest BCUT2D eigenvalue weighted by molar-refractivity contribution is 6.31. The Balaban J connectivity index is 1.45. The Hall–Kier alpha value is -2.59. The fourth-order valence-corrected chi connectivity index (χ4v) is 2.82. The van der Waals surface area contributed by atoms with Gasteiger partial charge in [0.05, 0.1) is 12.7 Å². The summed E-state index contributed by atoms with van der Waals surface area (Å²) in [4.78, 5) is 12.0. The Morgan fingerprint density at radius 2 is 1.80 bits per heavy atom. The van der Waals surface area contributed by atoms with Crippen LogP contribution in [0, 0.1) is 0 Å². The number of halogens is 1. The van der Waals surface area contributed by atoms with Gasteiger partial charge in [0.2, 0.25) is 5.91 Å². The van der Waals surface area contributed by atoms with Gasteiger partial charge >= 0.3 is 0 Å². The molecule has 0 fully saturated rings. The monoisotopic (exact) mass is 353 g/mol. The molecule has 1 N–H and O–H groups in total. The molecule has 0 unspecified atom stereocenters. The summed E-state index contributed by atoms with van der Waals surface area (Å²) in [5.74, 6) is 0.00993. The fraction of sp³-hybridized carbons (Fsp3) is 0.200. The molecule has 0 aliphatic carbocycles. The second-order valence-corrected chi connectivity index (χ2v) is 6.31. The van der Waals surface area contributed by atoms with Crippen LogP contribution >= 0.6 is 11.6 Å². The van der Waals surface area contributed by atoms with Crippen molar-refractivity contribution >= 4 is 17.5 Å². The summed E-state index contributed by atoms with van der Waals surface area (Å²) in [5, 5.41) is 7.98. The number of benzene rings is 2. The number of carbonyl (C=O) groups is 1. The van der Waals surface area contributed by atoms with Crippen LogP contribution in [0.2, 0.25) is 5.02 Å². The van der Waals surface area contributed by atoms with E-state index in [2.05, 4.69) is 22.5 Å². The quantitative estimate of drug-likeness (QED) is 0.701. The van der Waals surface area contributed by atoms with E-state index in [0.29, 0.717) is 24.4 Å². The van der Waals surface area contributed by atoms with E-state index in [9.17, 15) is 4.79 Å². The second-order valence-electron chi connectivity index (χ2n) is 5.90. The van der Waals surface area contributed by atoms with Crippen molar-refractivity contribution in [1.29, 1.82) is 0 Å². The Kier molecular flexibility index (Phi) is 5.86. The minimum Gasteiger partial charge on any atom is -0.352 e. The molecule has 0 radical (unpaired) electrons. The lowest BCUT2D eigenvalue weighted by molar-refractivity contribution is -0.121. The zero-order chi connectivity index (χ0) is 17.5. The van der Waals surface area contributed by atoms with Gasteiger partial charge < -0.3 is 5.32 Å². The van der Waals surface area contributed by atoms with E-state index in [-0.39, 0.29) is 5.91 Å². The summed E-state index contributed by atoms with van der Waals surface area (Å²) in [7, 11) is 0. The van der Waals surface area contributed by atoms with E-state index in [1.165, 1.54) is 5.56 Å². The highest BCUT2D eigenvalue weighted by Gasteiger charge is 2.06. The first-order chi connectivity index (χ1) is 12.2. The van der Waals surface area contributed by atoms with Crippen LogP contribution in [0.5, 0.6) is 0 Å². The smallest absolute Gasteiger partial charge is 0.220 e. The molecule has 0 bridgehead atoms. The molecule has 2 aromatic carbocycles. The van der Waals surface area contributed by atoms with Crippen molar-refractivity contribution in [2.75, 3.05) is 0 Å². The predicted molar refractivity (Wildman–Crippen MR) is 99.4 cm³/mol. The van der Waals surface area contributed by atoms with Crippen LogP contribution in [0.4, 0.5) is 0 Å². The van der Waals surface area contributed by atoms with E-state index in [1.807, 2.05) is 53.3 Å². The van der Waals surface area contributed by atoms with E-state index in [0.717, 1.165) is 17.7 Å². The minimum absolute atomic E-state index is 0.00993. The molecule has 0 atom stereocenters. The van der Waals surface area contributed by atoms with Crippen molar-refractivity contribution in [3.05, 3.63) is 88.7 Å². The van der Waals surface area contributed by atoms with Gasteiger partial charge in [0.25, 0.3) is 0 Å². The lowest BCUT2D eigenvalue weighted by Gasteiger charge is -2.05. The molecule has 1 amide bonds. The number of rotatable bonds is 7. The van der Waals surface area contributed by atoms with E-state index < -0.39 is 0 Å². The Bertz CT molecular complexity index is 830. The van der Waals surface area contributed by atoms with Gasteiger partial charge in [0.15, 0.2) is 0 Å². The van der Waals surface area contributed by atoms with Crippen molar-refractivity contribution in [2.24, 2.45) is 0 Å². The fourth-order valence-electron chi connectivity index (χ4n) is 2.59. The molecule has 0 aliphatic rings. The summed E-state index contributed by atoms with van der Waals surface area (Å²) in [6.45, 7) is 1.21. The summed E-state index contributed by atoms with van der Waals surface area (Å²) >= 11 is 6.11. The second kappa shape index (κ2) is 8.49. The van der Waals surface area contributed by atoms with Crippen molar-refractivity contribution in [3.63, 3.8) is 0 Å². The van der Waals surface area contributed by atoms with Crippen LogP contribution in [0.1, 0.15) is 23.1 Å². The Morgan fingerprint density at radius 1 is 1.04 bits per heavy atom. The number of nitrogens with zero attached hydrogens (tertiary/aromatic N) is 2. The highest BCUT2D eigenvalue weighted by atomic mass is 35.5. The summed E-state index contributed by atoms with van der Waals surface area (Å²) in [6, 6.07) is 17.8. The molecule has 4 nitrogen and oxygen atoms in total. The molecule has 0 saturated heterocycles. The van der Waals surface area contributed by atoms with Gasteiger partial charge in [0.1, 0.15) is 0 Å². The molecule has 3 aromatic rings. The third-order valence-electron chi connectivity index (χ3n) is 3.94. The van der Waals surface area contributed by atoms with Gasteiger partial charge in [-0.3, -0.25) is 9.48 Å². The number of aryl methyl sites for hydroxylation is 1. The summed E-state index contributed by atoms with van der Waals surface area (Å²) in [6.07, 6.45) is 4.80. The van der Waals surface area contributed by atoms with Crippen LogP contribution in [0.15, 0.2) is 67.0 Å². The van der Waals surface area contributed by atoms with Crippen LogP contribution < -0.4 is 5.32 Å². The zero-order valence-electron chi connectivity index (χ0n) is 13.9. The topological polar surface area (TPSA) is 46.9 Å². The number of nitrogens with one attached hydrogen (secondary N) is 1. The lowest BCUT2D eigenvalue weighted by Crippen LogP contribution is -2.22. The third-order valence-corrected chi connectivity index (χ3v) is 4.31. The first-order valence-electron chi connectivity index (χ1n) is 8.26. The average Bonchev–Trinajstić information content (AvgIpc) is 3.07. The van der Waals surface area contributed by atoms with E-state index in [4.69, 9.17) is 11.6 Å². The highest BCUT2D eigenvalue weighted by Crippen LogP contribution is 2.16. The Labute approximate surface area is 152 Å². The van der Waals surface area contributed by atoms with Crippen molar-refractivity contribution in [1.82, 2.24) is 15.1 Å². The number of hydrogen-bond acceptors (Lipinski definition) is 2. The standard InChI is InChI=1S/C20H20ClN3O/c21-19-9-5-4-8-18(19)10-11-20(25)22-12-17-13-23-24(15-17)14-16-6-2-1-3-7-16/h1-9,13,15H,10-12,14H2,(H,22,25). The molecule has 128 valence electrons. The zero-order valence-corrected chi connectivity index (χ0v) is 14.6. The van der Waals surface area contributed by atoms with Crippen molar-refractivity contribution in [2.45, 2.75) is 25.9 Å². The van der Waals surface area contributed by atoms with Gasteiger partial charge in [-0.2, -0.15) is 5.10 Å². The maximum absolute atomic E-state index is 12.0. The molecule has 5 heteroatoms. The van der Waals surface area contributed by atoms with Gasteiger partial charge in [-0.05, 0) is 23.6 Å². The first-order valence-corrected chi connectivity index (χ1v) is 8.64. The molecule has 0 saturated carbocycles. The first kappa shape index (κ1) is 17.2. The number of aromatic nitrogens is 2. The van der Waals surface area contributed by atoms with Crippen LogP contribution in [-0.2, 0) is 24.3 Å². The predicted octanol–water partition coefficient (Wildman–Crippen LogP) is 3.83. The normalized spacial score (nSPS) is 10.6. The lowest BCUT2D eigenvalue weighted by atomic mass is 10.1. The molecule has 1 aromatic heterocycles.